The summed E-state index contributed by atoms with van der Waals surface area (Å²) in [5.74, 6) is 0.503. The minimum Gasteiger partial charge on any atom is -0.351 e. The van der Waals surface area contributed by atoms with Gasteiger partial charge in [0.1, 0.15) is 17.8 Å². The normalized spacial score (nSPS) is 10.1. The van der Waals surface area contributed by atoms with E-state index in [2.05, 4.69) is 25.6 Å². The third kappa shape index (κ3) is 3.24. The van der Waals surface area contributed by atoms with Crippen LogP contribution in [0, 0.1) is 0 Å². The highest BCUT2D eigenvalue weighted by Crippen LogP contribution is 2.18. The maximum absolute atomic E-state index is 11.6. The third-order valence-electron chi connectivity index (χ3n) is 2.09. The third-order valence-corrected chi connectivity index (χ3v) is 2.85. The Hall–Kier alpha value is -2.02. The summed E-state index contributed by atoms with van der Waals surface area (Å²) < 4.78 is 0. The number of carbonyl (C=O) groups is 1. The summed E-state index contributed by atoms with van der Waals surface area (Å²) in [6.45, 7) is 2.66. The molecule has 2 aromatic heterocycles. The van der Waals surface area contributed by atoms with E-state index in [0.29, 0.717) is 23.2 Å². The van der Waals surface area contributed by atoms with Crippen molar-refractivity contribution in [3.8, 4) is 0 Å². The summed E-state index contributed by atoms with van der Waals surface area (Å²) in [5.41, 5.74) is 0.421. The molecule has 0 aliphatic carbocycles. The van der Waals surface area contributed by atoms with Gasteiger partial charge >= 0.3 is 0 Å². The minimum absolute atomic E-state index is 0.149. The van der Waals surface area contributed by atoms with Crippen LogP contribution in [0.1, 0.15) is 23.8 Å². The molecule has 0 fully saturated rings. The van der Waals surface area contributed by atoms with Gasteiger partial charge in [0, 0.05) is 18.1 Å². The largest absolute Gasteiger partial charge is 0.351 e. The zero-order chi connectivity index (χ0) is 12.8. The summed E-state index contributed by atoms with van der Waals surface area (Å²) in [4.78, 5) is 23.7. The molecule has 0 aliphatic heterocycles. The summed E-state index contributed by atoms with van der Waals surface area (Å²) in [5, 5.41) is 8.14. The molecule has 2 rings (SSSR count). The van der Waals surface area contributed by atoms with Crippen molar-refractivity contribution in [1.29, 1.82) is 0 Å². The molecule has 7 heteroatoms. The minimum atomic E-state index is -0.149. The molecule has 2 heterocycles. The van der Waals surface area contributed by atoms with Crippen molar-refractivity contribution in [2.45, 2.75) is 13.3 Å². The predicted octanol–water partition coefficient (Wildman–Crippen LogP) is 1.82. The topological polar surface area (TPSA) is 79.8 Å². The molecule has 0 saturated heterocycles. The van der Waals surface area contributed by atoms with E-state index in [1.54, 1.807) is 17.6 Å². The number of aromatic nitrogens is 3. The molecule has 0 radical (unpaired) electrons. The van der Waals surface area contributed by atoms with Crippen molar-refractivity contribution in [3.05, 3.63) is 29.7 Å². The molecule has 0 unspecified atom stereocenters. The van der Waals surface area contributed by atoms with E-state index in [1.165, 1.54) is 17.7 Å². The molecular weight excluding hydrogens is 250 g/mol. The second kappa shape index (κ2) is 6.06. The van der Waals surface area contributed by atoms with Gasteiger partial charge in [-0.3, -0.25) is 4.79 Å². The Morgan fingerprint density at radius 1 is 1.50 bits per heavy atom. The van der Waals surface area contributed by atoms with Crippen LogP contribution < -0.4 is 10.6 Å². The molecule has 18 heavy (non-hydrogen) atoms. The van der Waals surface area contributed by atoms with Crippen molar-refractivity contribution < 1.29 is 4.79 Å². The molecule has 6 nitrogen and oxygen atoms in total. The highest BCUT2D eigenvalue weighted by Gasteiger charge is 2.09. The maximum atomic E-state index is 11.6. The van der Waals surface area contributed by atoms with Gasteiger partial charge in [-0.05, 0) is 12.5 Å². The Morgan fingerprint density at radius 2 is 2.39 bits per heavy atom. The van der Waals surface area contributed by atoms with Crippen molar-refractivity contribution in [3.63, 3.8) is 0 Å². The molecule has 0 aromatic carbocycles. The van der Waals surface area contributed by atoms with Crippen LogP contribution in [0.25, 0.3) is 0 Å². The van der Waals surface area contributed by atoms with E-state index in [1.807, 2.05) is 6.92 Å². The van der Waals surface area contributed by atoms with Crippen molar-refractivity contribution >= 4 is 28.2 Å². The standard InChI is InChI=1S/C11H13N5OS/c1-2-4-13-10(17)8-6-18-11(15-8)16-9-3-5-12-7-14-9/h3,5-7H,2,4H2,1H3,(H,13,17)(H,12,14,15,16). The first kappa shape index (κ1) is 12.4. The van der Waals surface area contributed by atoms with Gasteiger partial charge in [-0.1, -0.05) is 6.92 Å². The lowest BCUT2D eigenvalue weighted by Gasteiger charge is -2.00. The molecule has 0 aliphatic rings. The molecule has 1 amide bonds. The van der Waals surface area contributed by atoms with E-state index in [-0.39, 0.29) is 5.91 Å². The molecule has 0 saturated carbocycles. The predicted molar refractivity (Wildman–Crippen MR) is 70.1 cm³/mol. The Morgan fingerprint density at radius 3 is 3.11 bits per heavy atom. The number of amides is 1. The highest BCUT2D eigenvalue weighted by molar-refractivity contribution is 7.14. The van der Waals surface area contributed by atoms with Crippen LogP contribution in [0.4, 0.5) is 10.9 Å². The number of thiazole rings is 1. The summed E-state index contributed by atoms with van der Waals surface area (Å²) in [6, 6.07) is 1.73. The van der Waals surface area contributed by atoms with E-state index in [0.717, 1.165) is 6.42 Å². The van der Waals surface area contributed by atoms with Gasteiger partial charge in [0.15, 0.2) is 5.13 Å². The van der Waals surface area contributed by atoms with Crippen molar-refractivity contribution in [2.24, 2.45) is 0 Å². The summed E-state index contributed by atoms with van der Waals surface area (Å²) >= 11 is 1.36. The van der Waals surface area contributed by atoms with Gasteiger partial charge in [-0.25, -0.2) is 15.0 Å². The van der Waals surface area contributed by atoms with Gasteiger partial charge in [-0.15, -0.1) is 11.3 Å². The number of hydrogen-bond acceptors (Lipinski definition) is 6. The zero-order valence-electron chi connectivity index (χ0n) is 9.88. The molecule has 94 valence electrons. The van der Waals surface area contributed by atoms with Gasteiger partial charge in [0.25, 0.3) is 5.91 Å². The Balaban J connectivity index is 2.00. The van der Waals surface area contributed by atoms with Crippen LogP contribution >= 0.6 is 11.3 Å². The first-order chi connectivity index (χ1) is 8.79. The quantitative estimate of drug-likeness (QED) is 0.860. The molecule has 2 N–H and O–H groups in total. The SMILES string of the molecule is CCCNC(=O)c1csc(Nc2ccncn2)n1. The van der Waals surface area contributed by atoms with E-state index in [4.69, 9.17) is 0 Å². The summed E-state index contributed by atoms with van der Waals surface area (Å²) in [6.07, 6.45) is 3.99. The Labute approximate surface area is 109 Å². The molecule has 0 bridgehead atoms. The monoisotopic (exact) mass is 263 g/mol. The average Bonchev–Trinajstić information content (AvgIpc) is 2.86. The second-order valence-electron chi connectivity index (χ2n) is 3.51. The first-order valence-electron chi connectivity index (χ1n) is 5.56. The van der Waals surface area contributed by atoms with Gasteiger partial charge in [0.05, 0.1) is 0 Å². The molecular formula is C11H13N5OS. The van der Waals surface area contributed by atoms with Gasteiger partial charge in [-0.2, -0.15) is 0 Å². The van der Waals surface area contributed by atoms with Crippen LogP contribution in [-0.2, 0) is 0 Å². The number of rotatable bonds is 5. The smallest absolute Gasteiger partial charge is 0.270 e. The fraction of sp³-hybridized carbons (Fsp3) is 0.273. The lowest BCUT2D eigenvalue weighted by Crippen LogP contribution is -2.24. The van der Waals surface area contributed by atoms with Gasteiger partial charge < -0.3 is 10.6 Å². The van der Waals surface area contributed by atoms with Crippen molar-refractivity contribution in [2.75, 3.05) is 11.9 Å². The fourth-order valence-electron chi connectivity index (χ4n) is 1.24. The van der Waals surface area contributed by atoms with Crippen LogP contribution in [0.3, 0.4) is 0 Å². The lowest BCUT2D eigenvalue weighted by atomic mass is 10.4. The summed E-state index contributed by atoms with van der Waals surface area (Å²) in [7, 11) is 0. The maximum Gasteiger partial charge on any atom is 0.270 e. The number of nitrogens with one attached hydrogen (secondary N) is 2. The highest BCUT2D eigenvalue weighted by atomic mass is 32.1. The second-order valence-corrected chi connectivity index (χ2v) is 4.37. The molecule has 0 atom stereocenters. The lowest BCUT2D eigenvalue weighted by molar-refractivity contribution is 0.0949. The fourth-order valence-corrected chi connectivity index (χ4v) is 1.94. The molecule has 0 spiro atoms. The van der Waals surface area contributed by atoms with Crippen LogP contribution in [0.15, 0.2) is 24.0 Å². The zero-order valence-corrected chi connectivity index (χ0v) is 10.7. The van der Waals surface area contributed by atoms with Crippen molar-refractivity contribution in [1.82, 2.24) is 20.3 Å². The van der Waals surface area contributed by atoms with E-state index >= 15 is 0 Å². The Kier molecular flexibility index (Phi) is 4.19. The van der Waals surface area contributed by atoms with Gasteiger partial charge in [0.2, 0.25) is 0 Å². The molecule has 2 aromatic rings. The van der Waals surface area contributed by atoms with E-state index in [9.17, 15) is 4.79 Å². The number of hydrogen-bond donors (Lipinski definition) is 2. The number of anilines is 2. The Bertz CT molecular complexity index is 513. The number of carbonyl (C=O) groups excluding carboxylic acids is 1. The van der Waals surface area contributed by atoms with Crippen LogP contribution in [0.2, 0.25) is 0 Å². The van der Waals surface area contributed by atoms with Crippen LogP contribution in [-0.4, -0.2) is 27.4 Å². The number of nitrogens with zero attached hydrogens (tertiary/aromatic N) is 3. The first-order valence-corrected chi connectivity index (χ1v) is 6.44. The average molecular weight is 263 g/mol. The van der Waals surface area contributed by atoms with E-state index < -0.39 is 0 Å². The van der Waals surface area contributed by atoms with Crippen LogP contribution in [0.5, 0.6) is 0 Å².